The minimum absolute atomic E-state index is 0.00965. The van der Waals surface area contributed by atoms with Gasteiger partial charge in [0.2, 0.25) is 10.0 Å². The van der Waals surface area contributed by atoms with Crippen LogP contribution < -0.4 is 11.5 Å². The first-order valence-corrected chi connectivity index (χ1v) is 56.5. The predicted molar refractivity (Wildman–Crippen MR) is 538 cm³/mol. The molecule has 0 spiro atoms. The van der Waals surface area contributed by atoms with Crippen LogP contribution in [0, 0.1) is 37.9 Å². The SMILES string of the molecule is CC(C)(C)C(=O)C(Br)Br.CC(C)(C)C(=O)C(N)CCSSCC[C@H](N)C(=O)O.CC(C)(C)C(=O)CCCCCBr.CC(C)(C)C(=O)CN(CP(=O)(O)O)CP(=O)(O)O.CC(C)(C)C(=O)c1ccccc1SSc1ccccc1C(=O)O.CCCCCCCCCCCCCCC(Br)C(=O)C(C)(C)C.CCCN(CCC)S(=O)(=O)c1ccc(C(=O)C(C)(C)C)cc1. The number of nitrogens with zero attached hydrogens (tertiary/aromatic N) is 2. The lowest BCUT2D eigenvalue weighted by Crippen LogP contribution is -2.39. The smallest absolute Gasteiger partial charge is 0.339 e. The molecule has 10 N–H and O–H groups in total. The predicted octanol–water partition coefficient (Wildman–Crippen LogP) is 24.5. The number of aromatic carboxylic acids is 1. The Morgan fingerprint density at radius 3 is 1.16 bits per heavy atom. The number of Topliss-reactive ketones (excluding diaryl/α,β-unsaturated/α-hetero) is 7. The first-order valence-electron chi connectivity index (χ1n) is 43.0. The highest BCUT2D eigenvalue weighted by Crippen LogP contribution is 2.43. The number of nitrogens with two attached hydrogens (primary N) is 2. The topological polar surface area (TPSA) is 402 Å². The van der Waals surface area contributed by atoms with Crippen LogP contribution in [0.25, 0.3) is 0 Å². The van der Waals surface area contributed by atoms with Crippen LogP contribution >= 0.6 is 122 Å². The number of ketones is 7. The van der Waals surface area contributed by atoms with E-state index >= 15 is 0 Å². The number of unbranched alkanes of at least 4 members (excludes halogenated alkanes) is 13. The molecule has 0 saturated heterocycles. The number of alkyl halides is 4. The molecule has 0 amide bonds. The highest BCUT2D eigenvalue weighted by Gasteiger charge is 2.34. The Hall–Kier alpha value is -2.30. The van der Waals surface area contributed by atoms with Gasteiger partial charge < -0.3 is 41.3 Å². The molecule has 3 aromatic carbocycles. The number of carboxylic acid groups (broad SMARTS) is 2. The van der Waals surface area contributed by atoms with Gasteiger partial charge in [-0.25, -0.2) is 13.2 Å². The monoisotopic (exact) mass is 2150 g/mol. The van der Waals surface area contributed by atoms with E-state index in [0.717, 1.165) is 59.4 Å². The zero-order valence-corrected chi connectivity index (χ0v) is 91.4. The van der Waals surface area contributed by atoms with E-state index in [1.165, 1.54) is 121 Å². The van der Waals surface area contributed by atoms with Crippen molar-refractivity contribution in [3.05, 3.63) is 89.5 Å². The maximum atomic E-state index is 12.6. The molecule has 0 saturated carbocycles. The van der Waals surface area contributed by atoms with Crippen molar-refractivity contribution < 1.29 is 90.5 Å². The van der Waals surface area contributed by atoms with Crippen LogP contribution in [0.2, 0.25) is 0 Å². The van der Waals surface area contributed by atoms with Crippen molar-refractivity contribution >= 4 is 185 Å². The number of aliphatic carboxylic acids is 1. The van der Waals surface area contributed by atoms with Gasteiger partial charge in [0.25, 0.3) is 0 Å². The van der Waals surface area contributed by atoms with Gasteiger partial charge in [-0.2, -0.15) is 4.31 Å². The Labute approximate surface area is 801 Å². The third-order valence-electron chi connectivity index (χ3n) is 18.2. The second-order valence-electron chi connectivity index (χ2n) is 37.9. The number of benzene rings is 3. The van der Waals surface area contributed by atoms with Gasteiger partial charge in [0, 0.05) is 95.2 Å². The van der Waals surface area contributed by atoms with Gasteiger partial charge in [-0.15, -0.1) is 0 Å². The molecule has 3 rings (SSSR count). The minimum atomic E-state index is -4.49. The first kappa shape index (κ1) is 129. The van der Waals surface area contributed by atoms with Crippen molar-refractivity contribution in [2.45, 2.75) is 336 Å². The number of sulfonamides is 1. The molecule has 0 heterocycles. The molecule has 0 aliphatic heterocycles. The molecular formula is C91H156Br4N4O19P2S5. The number of rotatable bonds is 47. The van der Waals surface area contributed by atoms with Crippen LogP contribution in [0.5, 0.6) is 0 Å². The van der Waals surface area contributed by atoms with Gasteiger partial charge in [0.15, 0.2) is 34.7 Å². The van der Waals surface area contributed by atoms with Crippen molar-refractivity contribution in [3.63, 3.8) is 0 Å². The van der Waals surface area contributed by atoms with Crippen LogP contribution in [0.3, 0.4) is 0 Å². The lowest BCUT2D eigenvalue weighted by Gasteiger charge is -2.25. The number of hydrogen-bond donors (Lipinski definition) is 8. The summed E-state index contributed by atoms with van der Waals surface area (Å²) in [6, 6.07) is 19.4. The molecule has 23 nitrogen and oxygen atoms in total. The Balaban J connectivity index is -0.000000694. The fraction of sp³-hybridized carbons (Fsp3) is 0.703. The summed E-state index contributed by atoms with van der Waals surface area (Å²) >= 11 is 13.2. The van der Waals surface area contributed by atoms with Gasteiger partial charge in [-0.1, -0.05) is 399 Å². The van der Waals surface area contributed by atoms with E-state index in [1.54, 1.807) is 72.7 Å². The Kier molecular flexibility index (Phi) is 66.6. The fourth-order valence-electron chi connectivity index (χ4n) is 10.6. The largest absolute Gasteiger partial charge is 0.480 e. The van der Waals surface area contributed by atoms with E-state index in [-0.39, 0.29) is 64.2 Å². The van der Waals surface area contributed by atoms with Gasteiger partial charge in [0.05, 0.1) is 27.9 Å². The third kappa shape index (κ3) is 63.5. The molecule has 125 heavy (non-hydrogen) atoms. The molecule has 3 atom stereocenters. The number of carbonyl (C=O) groups excluding carboxylic acids is 7. The summed E-state index contributed by atoms with van der Waals surface area (Å²) in [4.78, 5) is 142. The normalized spacial score (nSPS) is 12.9. The number of carboxylic acids is 2. The molecule has 0 aliphatic rings. The lowest BCUT2D eigenvalue weighted by atomic mass is 9.86. The molecule has 0 radical (unpaired) electrons. The molecule has 0 aromatic heterocycles. The maximum absolute atomic E-state index is 12.6. The summed E-state index contributed by atoms with van der Waals surface area (Å²) < 4.78 is 48.3. The van der Waals surface area contributed by atoms with Crippen molar-refractivity contribution in [2.24, 2.45) is 49.4 Å². The molecule has 722 valence electrons. The first-order chi connectivity index (χ1) is 57.0. The van der Waals surface area contributed by atoms with Crippen LogP contribution in [-0.2, 0) is 47.9 Å². The Morgan fingerprint density at radius 1 is 0.440 bits per heavy atom. The van der Waals surface area contributed by atoms with Crippen LogP contribution in [0.15, 0.2) is 87.5 Å². The van der Waals surface area contributed by atoms with Crippen LogP contribution in [0.4, 0.5) is 0 Å². The van der Waals surface area contributed by atoms with Crippen molar-refractivity contribution in [2.75, 3.05) is 49.0 Å². The summed E-state index contributed by atoms with van der Waals surface area (Å²) in [6.07, 6.45) is 22.5. The summed E-state index contributed by atoms with van der Waals surface area (Å²) in [5.74, 6) is 0.237. The second kappa shape index (κ2) is 64.6. The zero-order chi connectivity index (χ0) is 97.9. The van der Waals surface area contributed by atoms with Gasteiger partial charge in [-0.05, 0) is 75.3 Å². The molecule has 2 unspecified atom stereocenters. The summed E-state index contributed by atoms with van der Waals surface area (Å²) in [5, 5.41) is 18.9. The Morgan fingerprint density at radius 2 is 0.816 bits per heavy atom. The summed E-state index contributed by atoms with van der Waals surface area (Å²) in [7, 11) is -6.52. The van der Waals surface area contributed by atoms with Crippen LogP contribution in [0.1, 0.15) is 332 Å². The molecule has 3 aromatic rings. The minimum Gasteiger partial charge on any atom is -0.480 e. The van der Waals surface area contributed by atoms with E-state index in [4.69, 9.17) is 36.1 Å². The Bertz CT molecular complexity index is 3850. The molecule has 0 bridgehead atoms. The molecule has 0 fully saturated rings. The zero-order valence-electron chi connectivity index (χ0n) is 79.2. The van der Waals surface area contributed by atoms with E-state index < -0.39 is 90.0 Å². The van der Waals surface area contributed by atoms with E-state index in [1.807, 2.05) is 169 Å². The van der Waals surface area contributed by atoms with Gasteiger partial charge >= 0.3 is 27.1 Å². The summed E-state index contributed by atoms with van der Waals surface area (Å²) in [5.41, 5.74) is 10.0. The quantitative estimate of drug-likeness (QED) is 0.00856. The third-order valence-corrected chi connectivity index (χ3v) is 28.8. The summed E-state index contributed by atoms with van der Waals surface area (Å²) in [6.45, 7) is 46.1. The van der Waals surface area contributed by atoms with Crippen molar-refractivity contribution in [1.29, 1.82) is 0 Å². The molecule has 0 aliphatic carbocycles. The molecule has 34 heteroatoms. The number of hydrogen-bond acceptors (Lipinski definition) is 20. The number of carbonyl (C=O) groups is 9. The second-order valence-corrected chi connectivity index (χ2v) is 52.9. The van der Waals surface area contributed by atoms with E-state index in [9.17, 15) is 65.8 Å². The number of halogens is 4. The highest BCUT2D eigenvalue weighted by atomic mass is 79.9. The van der Waals surface area contributed by atoms with E-state index in [0.29, 0.717) is 59.3 Å². The lowest BCUT2D eigenvalue weighted by molar-refractivity contribution is -0.138. The van der Waals surface area contributed by atoms with Crippen LogP contribution in [-0.4, -0.2) is 170 Å². The average Bonchev–Trinajstić information content (AvgIpc) is 0.804. The maximum Gasteiger partial charge on any atom is 0.339 e. The molecular weight excluding hydrogens is 1990 g/mol. The van der Waals surface area contributed by atoms with Gasteiger partial charge in [-0.3, -0.25) is 52.4 Å². The fourth-order valence-corrected chi connectivity index (χ4v) is 21.1. The van der Waals surface area contributed by atoms with Crippen molar-refractivity contribution in [1.82, 2.24) is 9.21 Å². The van der Waals surface area contributed by atoms with Crippen molar-refractivity contribution in [3.8, 4) is 0 Å². The average molecular weight is 2150 g/mol. The highest BCUT2D eigenvalue weighted by molar-refractivity contribution is 9.25. The standard InChI is InChI=1S/C20H39BrO.C18H18O3S2.C17H27NO3S.C12H24N2O3S2.C10H19BrO.C8H19NO7P2.C6H10Br2O/c1-5-6-7-8-9-10-11-12-13-14-15-16-17-18(21)19(22)20(2,3)4;1-18(2,3)16(19)12-8-4-6-10-14(12)22-23-15-11-7-5-9-13(15)17(20)21;1-6-12-18(13-7-2)22(20,21)15-10-8-14(9-11-15)16(19)17(3,4)5;1-12(2,3)10(15)8(13)4-6-18-19-7-5-9(14)11(16)17;1-10(2,3)9(12)7-5-4-6-8-11;1-8(2,3)7(10)4-9(5-17(11,12)13)6-18(14,15)16;1-6(2,3)4(9)5(7)8/h18H,5-17H2,1-4H3;4-11H,1-3H3,(H,20,21);8-11H,6-7,12-13H2,1-5H3;8-9H,4-7,13-14H2,1-3H3,(H,16,17);4-8H2,1-3H3;4-6H2,1-3H3,(H2,11,12,13)(H2,14,15,16);5H,1-3H3/t;;;8?,9-;;;/m...0.../s1. The van der Waals surface area contributed by atoms with Gasteiger partial charge in [0.1, 0.15) is 28.1 Å². The van der Waals surface area contributed by atoms with E-state index in [2.05, 4.69) is 70.6 Å².